The molecule has 0 fully saturated rings. The van der Waals surface area contributed by atoms with Crippen LogP contribution in [-0.4, -0.2) is 27.3 Å². The lowest BCUT2D eigenvalue weighted by molar-refractivity contribution is 0.0752. The number of pyridine rings is 2. The van der Waals surface area contributed by atoms with Gasteiger partial charge in [-0.15, -0.1) is 0 Å². The van der Waals surface area contributed by atoms with Crippen LogP contribution in [-0.2, 0) is 6.54 Å². The molecule has 2 aromatic heterocycles. The van der Waals surface area contributed by atoms with Crippen molar-refractivity contribution in [2.24, 2.45) is 0 Å². The Morgan fingerprint density at radius 1 is 1.40 bits per heavy atom. The van der Waals surface area contributed by atoms with Crippen molar-refractivity contribution in [3.05, 3.63) is 57.5 Å². The average Bonchev–Trinajstić information content (AvgIpc) is 2.47. The van der Waals surface area contributed by atoms with E-state index in [-0.39, 0.29) is 11.1 Å². The van der Waals surface area contributed by atoms with Crippen LogP contribution in [0.5, 0.6) is 0 Å². The molecule has 0 aliphatic heterocycles. The maximum atomic E-state index is 12.5. The van der Waals surface area contributed by atoms with Crippen LogP contribution in [0.15, 0.2) is 41.3 Å². The van der Waals surface area contributed by atoms with Gasteiger partial charge in [0, 0.05) is 36.2 Å². The second-order valence-electron chi connectivity index (χ2n) is 4.17. The Kier molecular flexibility index (Phi) is 5.09. The first-order valence-electron chi connectivity index (χ1n) is 6.11. The smallest absolute Gasteiger partial charge is 0.257 e. The Hall–Kier alpha value is -1.46. The standard InChI is InChI=1S/C14H13BrClN3O/c1-2-19(9-10-3-5-17-6-4-10)14(20)12-7-11(15)8-18-13(12)16/h3-8H,2,9H2,1H3. The zero-order valence-corrected chi connectivity index (χ0v) is 13.2. The number of carbonyl (C=O) groups excluding carboxylic acids is 1. The first-order valence-corrected chi connectivity index (χ1v) is 7.28. The van der Waals surface area contributed by atoms with Gasteiger partial charge >= 0.3 is 0 Å². The molecule has 0 radical (unpaired) electrons. The van der Waals surface area contributed by atoms with E-state index >= 15 is 0 Å². The topological polar surface area (TPSA) is 46.1 Å². The summed E-state index contributed by atoms with van der Waals surface area (Å²) < 4.78 is 0.727. The number of halogens is 2. The number of hydrogen-bond donors (Lipinski definition) is 0. The minimum Gasteiger partial charge on any atom is -0.335 e. The maximum Gasteiger partial charge on any atom is 0.257 e. The van der Waals surface area contributed by atoms with E-state index in [1.165, 1.54) is 0 Å². The van der Waals surface area contributed by atoms with Crippen LogP contribution in [0, 0.1) is 0 Å². The maximum absolute atomic E-state index is 12.5. The molecule has 20 heavy (non-hydrogen) atoms. The van der Waals surface area contributed by atoms with Gasteiger partial charge in [-0.1, -0.05) is 11.6 Å². The van der Waals surface area contributed by atoms with Gasteiger partial charge in [-0.05, 0) is 46.6 Å². The molecule has 0 aliphatic rings. The van der Waals surface area contributed by atoms with Gasteiger partial charge in [0.15, 0.2) is 0 Å². The van der Waals surface area contributed by atoms with Crippen molar-refractivity contribution in [2.45, 2.75) is 13.5 Å². The Balaban J connectivity index is 2.23. The lowest BCUT2D eigenvalue weighted by Gasteiger charge is -2.21. The molecule has 0 atom stereocenters. The van der Waals surface area contributed by atoms with E-state index in [4.69, 9.17) is 11.6 Å². The summed E-state index contributed by atoms with van der Waals surface area (Å²) in [6, 6.07) is 5.46. The molecule has 2 rings (SSSR count). The third-order valence-electron chi connectivity index (χ3n) is 2.83. The molecule has 6 heteroatoms. The number of rotatable bonds is 4. The molecule has 1 amide bonds. The van der Waals surface area contributed by atoms with E-state index in [1.807, 2.05) is 19.1 Å². The molecular formula is C14H13BrClN3O. The number of aromatic nitrogens is 2. The van der Waals surface area contributed by atoms with Crippen molar-refractivity contribution in [1.29, 1.82) is 0 Å². The molecule has 0 N–H and O–H groups in total. The summed E-state index contributed by atoms with van der Waals surface area (Å²) in [6.07, 6.45) is 4.99. The van der Waals surface area contributed by atoms with Gasteiger partial charge < -0.3 is 4.90 Å². The second kappa shape index (κ2) is 6.81. The highest BCUT2D eigenvalue weighted by Gasteiger charge is 2.18. The van der Waals surface area contributed by atoms with E-state index in [0.29, 0.717) is 18.7 Å². The van der Waals surface area contributed by atoms with Crippen LogP contribution >= 0.6 is 27.5 Å². The van der Waals surface area contributed by atoms with Gasteiger partial charge in [0.05, 0.1) is 5.56 Å². The SMILES string of the molecule is CCN(Cc1ccncc1)C(=O)c1cc(Br)cnc1Cl. The van der Waals surface area contributed by atoms with E-state index in [9.17, 15) is 4.79 Å². The summed E-state index contributed by atoms with van der Waals surface area (Å²) in [4.78, 5) is 22.2. The van der Waals surface area contributed by atoms with Crippen molar-refractivity contribution >= 4 is 33.4 Å². The lowest BCUT2D eigenvalue weighted by atomic mass is 10.2. The zero-order chi connectivity index (χ0) is 14.5. The van der Waals surface area contributed by atoms with Gasteiger partial charge in [0.1, 0.15) is 5.15 Å². The van der Waals surface area contributed by atoms with Gasteiger partial charge in [0.2, 0.25) is 0 Å². The van der Waals surface area contributed by atoms with Crippen LogP contribution in [0.4, 0.5) is 0 Å². The monoisotopic (exact) mass is 353 g/mol. The summed E-state index contributed by atoms with van der Waals surface area (Å²) in [5.74, 6) is -0.136. The first-order chi connectivity index (χ1) is 9.61. The summed E-state index contributed by atoms with van der Waals surface area (Å²) in [7, 11) is 0. The van der Waals surface area contributed by atoms with Gasteiger partial charge in [0.25, 0.3) is 5.91 Å². The molecular weight excluding hydrogens is 342 g/mol. The molecule has 4 nitrogen and oxygen atoms in total. The Morgan fingerprint density at radius 2 is 2.10 bits per heavy atom. The first kappa shape index (κ1) is 14.9. The zero-order valence-electron chi connectivity index (χ0n) is 10.9. The van der Waals surface area contributed by atoms with Crippen molar-refractivity contribution in [3.63, 3.8) is 0 Å². The molecule has 0 aliphatic carbocycles. The molecule has 2 heterocycles. The number of carbonyl (C=O) groups is 1. The fourth-order valence-corrected chi connectivity index (χ4v) is 2.29. The van der Waals surface area contributed by atoms with Crippen LogP contribution in [0.2, 0.25) is 5.15 Å². The summed E-state index contributed by atoms with van der Waals surface area (Å²) in [6.45, 7) is 3.03. The van der Waals surface area contributed by atoms with Crippen LogP contribution in [0.3, 0.4) is 0 Å². The van der Waals surface area contributed by atoms with Crippen LogP contribution in [0.1, 0.15) is 22.8 Å². The summed E-state index contributed by atoms with van der Waals surface area (Å²) in [5.41, 5.74) is 1.42. The van der Waals surface area contributed by atoms with E-state index in [0.717, 1.165) is 10.0 Å². The second-order valence-corrected chi connectivity index (χ2v) is 5.44. The average molecular weight is 355 g/mol. The lowest BCUT2D eigenvalue weighted by Crippen LogP contribution is -2.30. The minimum absolute atomic E-state index is 0.136. The predicted octanol–water partition coefficient (Wildman–Crippen LogP) is 3.55. The van der Waals surface area contributed by atoms with Crippen molar-refractivity contribution in [3.8, 4) is 0 Å². The molecule has 0 unspecified atom stereocenters. The highest BCUT2D eigenvalue weighted by molar-refractivity contribution is 9.10. The summed E-state index contributed by atoms with van der Waals surface area (Å²) >= 11 is 9.31. The minimum atomic E-state index is -0.136. The fraction of sp³-hybridized carbons (Fsp3) is 0.214. The third kappa shape index (κ3) is 3.55. The number of nitrogens with zero attached hydrogens (tertiary/aromatic N) is 3. The predicted molar refractivity (Wildman–Crippen MR) is 81.6 cm³/mol. The van der Waals surface area contributed by atoms with Crippen molar-refractivity contribution in [1.82, 2.24) is 14.9 Å². The molecule has 0 aromatic carbocycles. The Labute approximate surface area is 130 Å². The van der Waals surface area contributed by atoms with Crippen molar-refractivity contribution in [2.75, 3.05) is 6.54 Å². The number of hydrogen-bond acceptors (Lipinski definition) is 3. The van der Waals surface area contributed by atoms with Crippen LogP contribution < -0.4 is 0 Å². The Morgan fingerprint density at radius 3 is 2.75 bits per heavy atom. The highest BCUT2D eigenvalue weighted by Crippen LogP contribution is 2.20. The van der Waals surface area contributed by atoms with E-state index in [1.54, 1.807) is 29.6 Å². The normalized spacial score (nSPS) is 10.3. The molecule has 2 aromatic rings. The molecule has 0 saturated carbocycles. The molecule has 104 valence electrons. The van der Waals surface area contributed by atoms with E-state index < -0.39 is 0 Å². The molecule has 0 spiro atoms. The highest BCUT2D eigenvalue weighted by atomic mass is 79.9. The van der Waals surface area contributed by atoms with Crippen molar-refractivity contribution < 1.29 is 4.79 Å². The van der Waals surface area contributed by atoms with E-state index in [2.05, 4.69) is 25.9 Å². The summed E-state index contributed by atoms with van der Waals surface area (Å²) in [5, 5.41) is 0.214. The fourth-order valence-electron chi connectivity index (χ4n) is 1.78. The quantitative estimate of drug-likeness (QED) is 0.789. The van der Waals surface area contributed by atoms with Gasteiger partial charge in [-0.25, -0.2) is 4.98 Å². The Bertz CT molecular complexity index is 607. The molecule has 0 bridgehead atoms. The molecule has 0 saturated heterocycles. The van der Waals surface area contributed by atoms with Crippen LogP contribution in [0.25, 0.3) is 0 Å². The number of amides is 1. The third-order valence-corrected chi connectivity index (χ3v) is 3.56. The van der Waals surface area contributed by atoms with Gasteiger partial charge in [-0.2, -0.15) is 0 Å². The van der Waals surface area contributed by atoms with Gasteiger partial charge in [-0.3, -0.25) is 9.78 Å². The largest absolute Gasteiger partial charge is 0.335 e.